The molecule has 6 nitrogen and oxygen atoms in total. The van der Waals surface area contributed by atoms with Crippen molar-refractivity contribution in [2.75, 3.05) is 37.3 Å². The van der Waals surface area contributed by atoms with E-state index in [0.29, 0.717) is 34.4 Å². The van der Waals surface area contributed by atoms with Gasteiger partial charge in [0.25, 0.3) is 5.91 Å². The van der Waals surface area contributed by atoms with Gasteiger partial charge in [-0.15, -0.1) is 0 Å². The Labute approximate surface area is 236 Å². The van der Waals surface area contributed by atoms with Crippen LogP contribution in [-0.2, 0) is 0 Å². The van der Waals surface area contributed by atoms with E-state index in [1.165, 1.54) is 11.9 Å². The minimum absolute atomic E-state index is 0.175. The average Bonchev–Trinajstić information content (AvgIpc) is 2.95. The predicted molar refractivity (Wildman–Crippen MR) is 158 cm³/mol. The number of halogens is 2. The van der Waals surface area contributed by atoms with Crippen LogP contribution in [0.25, 0.3) is 11.1 Å². The van der Waals surface area contributed by atoms with Gasteiger partial charge < -0.3 is 24.8 Å². The van der Waals surface area contributed by atoms with Gasteiger partial charge in [-0.2, -0.15) is 0 Å². The van der Waals surface area contributed by atoms with Crippen LogP contribution < -0.4 is 24.8 Å². The number of para-hydroxylation sites is 1. The number of methoxy groups -OCH3 is 2. The van der Waals surface area contributed by atoms with Gasteiger partial charge in [0.15, 0.2) is 0 Å². The lowest BCUT2D eigenvalue weighted by atomic mass is 10.1. The van der Waals surface area contributed by atoms with Gasteiger partial charge in [-0.1, -0.05) is 47.5 Å². The number of anilines is 2. The second-order valence-electron chi connectivity index (χ2n) is 8.16. The molecule has 0 fully saturated rings. The lowest BCUT2D eigenvalue weighted by Gasteiger charge is -2.14. The number of amides is 1. The second-order valence-corrected chi connectivity index (χ2v) is 9.85. The maximum atomic E-state index is 12.5. The molecule has 4 aromatic carbocycles. The SMILES string of the molecule is COc1ccc(-c2cc(Cl)ccc2Cl)cc1SNc1cccc(NCCNC(=O)c2ccccc2OC)c1. The maximum Gasteiger partial charge on any atom is 0.255 e. The highest BCUT2D eigenvalue weighted by Gasteiger charge is 2.12. The van der Waals surface area contributed by atoms with E-state index in [4.69, 9.17) is 32.7 Å². The summed E-state index contributed by atoms with van der Waals surface area (Å²) in [5.41, 5.74) is 4.14. The first-order valence-electron chi connectivity index (χ1n) is 11.8. The molecular formula is C29H27Cl2N3O3S. The highest BCUT2D eigenvalue weighted by atomic mass is 35.5. The van der Waals surface area contributed by atoms with E-state index in [1.54, 1.807) is 38.5 Å². The standard InChI is InChI=1S/C29H27Cl2N3O3S/c1-36-26-9-4-3-8-23(26)29(35)33-15-14-32-21-6-5-7-22(18-21)34-38-28-16-19(10-13-27(28)37-2)24-17-20(30)11-12-25(24)31/h3-13,16-18,32,34H,14-15H2,1-2H3,(H,33,35). The van der Waals surface area contributed by atoms with Crippen LogP contribution in [0.5, 0.6) is 11.5 Å². The molecule has 0 aliphatic carbocycles. The van der Waals surface area contributed by atoms with E-state index in [2.05, 4.69) is 15.4 Å². The fourth-order valence-electron chi connectivity index (χ4n) is 3.76. The molecule has 1 amide bonds. The third-order valence-electron chi connectivity index (χ3n) is 5.64. The summed E-state index contributed by atoms with van der Waals surface area (Å²) < 4.78 is 14.2. The number of hydrogen-bond acceptors (Lipinski definition) is 6. The first kappa shape index (κ1) is 27.5. The molecule has 0 bridgehead atoms. The Hall–Kier alpha value is -3.52. The van der Waals surface area contributed by atoms with Crippen molar-refractivity contribution in [2.24, 2.45) is 0 Å². The van der Waals surface area contributed by atoms with Crippen LogP contribution in [0.3, 0.4) is 0 Å². The molecule has 9 heteroatoms. The quantitative estimate of drug-likeness (QED) is 0.128. The first-order chi connectivity index (χ1) is 18.5. The van der Waals surface area contributed by atoms with Crippen LogP contribution in [0.4, 0.5) is 11.4 Å². The molecule has 38 heavy (non-hydrogen) atoms. The van der Waals surface area contributed by atoms with E-state index in [0.717, 1.165) is 33.1 Å². The average molecular weight is 569 g/mol. The zero-order valence-electron chi connectivity index (χ0n) is 20.9. The summed E-state index contributed by atoms with van der Waals surface area (Å²) in [4.78, 5) is 13.4. The molecule has 0 aromatic heterocycles. The molecule has 3 N–H and O–H groups in total. The van der Waals surface area contributed by atoms with Crippen LogP contribution in [0.15, 0.2) is 89.8 Å². The predicted octanol–water partition coefficient (Wildman–Crippen LogP) is 7.64. The molecule has 0 saturated carbocycles. The van der Waals surface area contributed by atoms with Crippen molar-refractivity contribution in [3.05, 3.63) is 101 Å². The fraction of sp³-hybridized carbons (Fsp3) is 0.138. The van der Waals surface area contributed by atoms with Gasteiger partial charge in [0.2, 0.25) is 0 Å². The molecule has 0 saturated heterocycles. The van der Waals surface area contributed by atoms with Crippen LogP contribution in [-0.4, -0.2) is 33.2 Å². The summed E-state index contributed by atoms with van der Waals surface area (Å²) in [5.74, 6) is 1.11. The van der Waals surface area contributed by atoms with E-state index in [9.17, 15) is 4.79 Å². The maximum absolute atomic E-state index is 12.5. The Kier molecular flexibility index (Phi) is 9.65. The number of carbonyl (C=O) groups excluding carboxylic acids is 1. The van der Waals surface area contributed by atoms with Gasteiger partial charge in [-0.25, -0.2) is 0 Å². The summed E-state index contributed by atoms with van der Waals surface area (Å²) in [6.07, 6.45) is 0. The van der Waals surface area contributed by atoms with E-state index in [-0.39, 0.29) is 5.91 Å². The number of hydrogen-bond donors (Lipinski definition) is 3. The highest BCUT2D eigenvalue weighted by molar-refractivity contribution is 8.00. The van der Waals surface area contributed by atoms with Gasteiger partial charge in [0, 0.05) is 40.1 Å². The Bertz CT molecular complexity index is 1420. The molecule has 0 spiro atoms. The number of carbonyl (C=O) groups is 1. The Morgan fingerprint density at radius 3 is 2.42 bits per heavy atom. The van der Waals surface area contributed by atoms with E-state index in [1.807, 2.05) is 60.7 Å². The van der Waals surface area contributed by atoms with Crippen LogP contribution >= 0.6 is 35.1 Å². The number of nitrogens with one attached hydrogen (secondary N) is 3. The first-order valence-corrected chi connectivity index (χ1v) is 13.4. The number of benzene rings is 4. The van der Waals surface area contributed by atoms with Gasteiger partial charge in [0.1, 0.15) is 11.5 Å². The van der Waals surface area contributed by atoms with Gasteiger partial charge in [-0.3, -0.25) is 4.79 Å². The largest absolute Gasteiger partial charge is 0.496 e. The molecule has 0 aliphatic rings. The molecule has 196 valence electrons. The van der Waals surface area contributed by atoms with Crippen molar-refractivity contribution in [1.29, 1.82) is 0 Å². The molecule has 4 aromatic rings. The second kappa shape index (κ2) is 13.3. The van der Waals surface area contributed by atoms with Gasteiger partial charge >= 0.3 is 0 Å². The summed E-state index contributed by atoms with van der Waals surface area (Å²) in [6.45, 7) is 1.02. The van der Waals surface area contributed by atoms with Crippen molar-refractivity contribution >= 4 is 52.4 Å². The summed E-state index contributed by atoms with van der Waals surface area (Å²) in [5, 5.41) is 7.50. The minimum Gasteiger partial charge on any atom is -0.496 e. The van der Waals surface area contributed by atoms with Crippen LogP contribution in [0, 0.1) is 0 Å². The third kappa shape index (κ3) is 7.07. The zero-order chi connectivity index (χ0) is 26.9. The Morgan fingerprint density at radius 1 is 0.816 bits per heavy atom. The Morgan fingerprint density at radius 2 is 1.61 bits per heavy atom. The normalized spacial score (nSPS) is 10.5. The van der Waals surface area contributed by atoms with Crippen LogP contribution in [0.1, 0.15) is 10.4 Å². The molecule has 4 rings (SSSR count). The van der Waals surface area contributed by atoms with Crippen molar-refractivity contribution in [3.8, 4) is 22.6 Å². The van der Waals surface area contributed by atoms with Crippen molar-refractivity contribution in [1.82, 2.24) is 5.32 Å². The molecule has 0 unspecified atom stereocenters. The molecule has 0 atom stereocenters. The topological polar surface area (TPSA) is 71.6 Å². The molecular weight excluding hydrogens is 541 g/mol. The highest BCUT2D eigenvalue weighted by Crippen LogP contribution is 2.37. The van der Waals surface area contributed by atoms with E-state index < -0.39 is 0 Å². The monoisotopic (exact) mass is 567 g/mol. The van der Waals surface area contributed by atoms with Gasteiger partial charge in [-0.05, 0) is 78.2 Å². The van der Waals surface area contributed by atoms with Crippen LogP contribution in [0.2, 0.25) is 10.0 Å². The molecule has 0 aliphatic heterocycles. The van der Waals surface area contributed by atoms with Crippen molar-refractivity contribution < 1.29 is 14.3 Å². The lowest BCUT2D eigenvalue weighted by Crippen LogP contribution is -2.29. The third-order valence-corrected chi connectivity index (χ3v) is 7.08. The minimum atomic E-state index is -0.175. The van der Waals surface area contributed by atoms with Crippen molar-refractivity contribution in [2.45, 2.75) is 4.90 Å². The smallest absolute Gasteiger partial charge is 0.255 e. The lowest BCUT2D eigenvalue weighted by molar-refractivity contribution is 0.0952. The Balaban J connectivity index is 1.35. The molecule has 0 heterocycles. The summed E-state index contributed by atoms with van der Waals surface area (Å²) in [6, 6.07) is 26.3. The summed E-state index contributed by atoms with van der Waals surface area (Å²) in [7, 11) is 3.19. The fourth-order valence-corrected chi connectivity index (χ4v) is 4.95. The zero-order valence-corrected chi connectivity index (χ0v) is 23.2. The summed E-state index contributed by atoms with van der Waals surface area (Å²) >= 11 is 14.0. The number of ether oxygens (including phenoxy) is 2. The molecule has 0 radical (unpaired) electrons. The van der Waals surface area contributed by atoms with Gasteiger partial charge in [0.05, 0.1) is 24.7 Å². The van der Waals surface area contributed by atoms with E-state index >= 15 is 0 Å². The number of rotatable bonds is 11. The van der Waals surface area contributed by atoms with Crippen molar-refractivity contribution in [3.63, 3.8) is 0 Å².